The van der Waals surface area contributed by atoms with Crippen molar-refractivity contribution in [2.75, 3.05) is 26.2 Å². The van der Waals surface area contributed by atoms with E-state index in [0.717, 1.165) is 4.90 Å². The average Bonchev–Trinajstić information content (AvgIpc) is 2.64. The first kappa shape index (κ1) is 17.5. The van der Waals surface area contributed by atoms with E-state index in [4.69, 9.17) is 5.26 Å². The number of nitriles is 1. The van der Waals surface area contributed by atoms with Crippen LogP contribution in [0.2, 0.25) is 0 Å². The molecule has 1 heterocycles. The molecule has 1 fully saturated rings. The molecular weight excluding hydrogens is 341 g/mol. The van der Waals surface area contributed by atoms with Gasteiger partial charge in [0.25, 0.3) is 0 Å². The van der Waals surface area contributed by atoms with Crippen molar-refractivity contribution in [1.29, 1.82) is 5.26 Å². The number of quaternary nitrogens is 1. The zero-order chi connectivity index (χ0) is 17.9. The van der Waals surface area contributed by atoms with Crippen LogP contribution < -0.4 is 4.90 Å². The summed E-state index contributed by atoms with van der Waals surface area (Å²) in [6.45, 7) is 2.60. The molecule has 1 saturated heterocycles. The second-order valence-corrected chi connectivity index (χ2v) is 8.00. The van der Waals surface area contributed by atoms with Crippen LogP contribution in [-0.2, 0) is 16.6 Å². The smallest absolute Gasteiger partial charge is 0.243 e. The summed E-state index contributed by atoms with van der Waals surface area (Å²) in [5.74, 6) is -0.220. The number of nitrogens with zero attached hydrogens (tertiary/aromatic N) is 2. The lowest BCUT2D eigenvalue weighted by Crippen LogP contribution is -3.13. The highest BCUT2D eigenvalue weighted by Gasteiger charge is 2.30. The van der Waals surface area contributed by atoms with Crippen LogP contribution in [0.3, 0.4) is 0 Å². The molecule has 130 valence electrons. The minimum absolute atomic E-state index is 0.198. The summed E-state index contributed by atoms with van der Waals surface area (Å²) in [6, 6.07) is 14.6. The van der Waals surface area contributed by atoms with Gasteiger partial charge in [-0.05, 0) is 30.3 Å². The predicted molar refractivity (Wildman–Crippen MR) is 90.7 cm³/mol. The first-order valence-corrected chi connectivity index (χ1v) is 9.52. The van der Waals surface area contributed by atoms with Gasteiger partial charge in [0.15, 0.2) is 0 Å². The lowest BCUT2D eigenvalue weighted by Gasteiger charge is -2.31. The Kier molecular flexibility index (Phi) is 5.13. The van der Waals surface area contributed by atoms with Gasteiger partial charge in [0, 0.05) is 5.56 Å². The molecular formula is C18H19FN3O2S+. The normalized spacial score (nSPS) is 16.5. The van der Waals surface area contributed by atoms with Gasteiger partial charge in [0.1, 0.15) is 12.4 Å². The van der Waals surface area contributed by atoms with Crippen molar-refractivity contribution >= 4 is 10.0 Å². The molecule has 1 aliphatic heterocycles. The van der Waals surface area contributed by atoms with Gasteiger partial charge in [-0.15, -0.1) is 0 Å². The number of benzene rings is 2. The van der Waals surface area contributed by atoms with Crippen molar-refractivity contribution in [3.05, 3.63) is 65.5 Å². The van der Waals surface area contributed by atoms with Crippen molar-refractivity contribution in [2.45, 2.75) is 11.4 Å². The summed E-state index contributed by atoms with van der Waals surface area (Å²) in [6.07, 6.45) is 0. The number of nitrogens with one attached hydrogen (secondary N) is 1. The van der Waals surface area contributed by atoms with Crippen molar-refractivity contribution in [3.63, 3.8) is 0 Å². The van der Waals surface area contributed by atoms with Crippen LogP contribution in [0, 0.1) is 17.1 Å². The Labute approximate surface area is 147 Å². The van der Waals surface area contributed by atoms with Gasteiger partial charge < -0.3 is 4.90 Å². The second kappa shape index (κ2) is 7.31. The van der Waals surface area contributed by atoms with E-state index in [1.54, 1.807) is 12.1 Å². The first-order valence-electron chi connectivity index (χ1n) is 8.08. The summed E-state index contributed by atoms with van der Waals surface area (Å²) >= 11 is 0. The molecule has 0 saturated carbocycles. The van der Waals surface area contributed by atoms with E-state index >= 15 is 0 Å². The quantitative estimate of drug-likeness (QED) is 0.877. The number of halogens is 1. The van der Waals surface area contributed by atoms with E-state index in [1.807, 2.05) is 12.1 Å². The number of hydrogen-bond donors (Lipinski definition) is 1. The zero-order valence-corrected chi connectivity index (χ0v) is 14.5. The highest BCUT2D eigenvalue weighted by molar-refractivity contribution is 7.89. The monoisotopic (exact) mass is 360 g/mol. The Balaban J connectivity index is 1.65. The fourth-order valence-electron chi connectivity index (χ4n) is 2.98. The van der Waals surface area contributed by atoms with E-state index in [0.29, 0.717) is 43.9 Å². The van der Waals surface area contributed by atoms with Gasteiger partial charge >= 0.3 is 0 Å². The Morgan fingerprint density at radius 1 is 1.08 bits per heavy atom. The van der Waals surface area contributed by atoms with Crippen molar-refractivity contribution < 1.29 is 17.7 Å². The summed E-state index contributed by atoms with van der Waals surface area (Å²) in [5.41, 5.74) is 1.08. The number of sulfonamides is 1. The molecule has 0 amide bonds. The topological polar surface area (TPSA) is 65.6 Å². The minimum Gasteiger partial charge on any atom is -0.329 e. The van der Waals surface area contributed by atoms with E-state index < -0.39 is 10.0 Å². The van der Waals surface area contributed by atoms with E-state index in [-0.39, 0.29) is 10.7 Å². The molecule has 0 aliphatic carbocycles. The SMILES string of the molecule is N#Cc1ccc(S(=O)(=O)N2CC[NH+](Cc3ccccc3F)CC2)cc1. The van der Waals surface area contributed by atoms with Crippen LogP contribution in [0.4, 0.5) is 4.39 Å². The maximum absolute atomic E-state index is 13.8. The minimum atomic E-state index is -3.55. The molecule has 1 aliphatic rings. The third kappa shape index (κ3) is 3.87. The second-order valence-electron chi connectivity index (χ2n) is 6.06. The van der Waals surface area contributed by atoms with Crippen molar-refractivity contribution in [2.24, 2.45) is 0 Å². The summed E-state index contributed by atoms with van der Waals surface area (Å²) in [4.78, 5) is 1.36. The molecule has 2 aromatic carbocycles. The Bertz CT molecular complexity index is 883. The summed E-state index contributed by atoms with van der Waals surface area (Å²) in [5, 5.41) is 8.81. The third-order valence-corrected chi connectivity index (χ3v) is 6.36. The van der Waals surface area contributed by atoms with Gasteiger partial charge in [-0.3, -0.25) is 0 Å². The molecule has 2 aromatic rings. The third-order valence-electron chi connectivity index (χ3n) is 4.45. The molecule has 0 radical (unpaired) electrons. The maximum atomic E-state index is 13.8. The number of piperazine rings is 1. The fourth-order valence-corrected chi connectivity index (χ4v) is 4.42. The fraction of sp³-hybridized carbons (Fsp3) is 0.278. The molecule has 0 atom stereocenters. The highest BCUT2D eigenvalue weighted by Crippen LogP contribution is 2.16. The van der Waals surface area contributed by atoms with Crippen molar-refractivity contribution in [1.82, 2.24) is 4.31 Å². The summed E-state index contributed by atoms with van der Waals surface area (Å²) in [7, 11) is -3.55. The Morgan fingerprint density at radius 3 is 2.32 bits per heavy atom. The van der Waals surface area contributed by atoms with Crippen LogP contribution in [0.1, 0.15) is 11.1 Å². The van der Waals surface area contributed by atoms with Crippen molar-refractivity contribution in [3.8, 4) is 6.07 Å². The molecule has 7 heteroatoms. The lowest BCUT2D eigenvalue weighted by molar-refractivity contribution is -0.917. The molecule has 0 spiro atoms. The van der Waals surface area contributed by atoms with Gasteiger partial charge in [-0.2, -0.15) is 9.57 Å². The highest BCUT2D eigenvalue weighted by atomic mass is 32.2. The standard InChI is InChI=1S/C18H18FN3O2S/c19-18-4-2-1-3-16(18)14-21-9-11-22(12-10-21)25(23,24)17-7-5-15(13-20)6-8-17/h1-8H,9-12,14H2/p+1. The lowest BCUT2D eigenvalue weighted by atomic mass is 10.2. The number of hydrogen-bond acceptors (Lipinski definition) is 3. The first-order chi connectivity index (χ1) is 12.0. The maximum Gasteiger partial charge on any atom is 0.243 e. The van der Waals surface area contributed by atoms with E-state index in [1.165, 1.54) is 34.6 Å². The Hall–Kier alpha value is -2.27. The molecule has 0 bridgehead atoms. The van der Waals surface area contributed by atoms with Gasteiger partial charge in [0.2, 0.25) is 10.0 Å². The predicted octanol–water partition coefficient (Wildman–Crippen LogP) is 0.787. The Morgan fingerprint density at radius 2 is 1.72 bits per heavy atom. The van der Waals surface area contributed by atoms with Crippen LogP contribution in [-0.4, -0.2) is 38.9 Å². The van der Waals surface area contributed by atoms with Crippen LogP contribution in [0.15, 0.2) is 53.4 Å². The number of rotatable bonds is 4. The molecule has 3 rings (SSSR count). The molecule has 0 aromatic heterocycles. The summed E-state index contributed by atoms with van der Waals surface area (Å²) < 4.78 is 40.6. The van der Waals surface area contributed by atoms with Crippen LogP contribution in [0.5, 0.6) is 0 Å². The van der Waals surface area contributed by atoms with E-state index in [2.05, 4.69) is 0 Å². The average molecular weight is 360 g/mol. The van der Waals surface area contributed by atoms with Gasteiger partial charge in [0.05, 0.1) is 42.7 Å². The largest absolute Gasteiger partial charge is 0.329 e. The molecule has 1 N–H and O–H groups in total. The molecule has 5 nitrogen and oxygen atoms in total. The zero-order valence-electron chi connectivity index (χ0n) is 13.7. The molecule has 25 heavy (non-hydrogen) atoms. The van der Waals surface area contributed by atoms with E-state index in [9.17, 15) is 12.8 Å². The van der Waals surface area contributed by atoms with Crippen LogP contribution in [0.25, 0.3) is 0 Å². The van der Waals surface area contributed by atoms with Gasteiger partial charge in [-0.25, -0.2) is 12.8 Å². The molecule has 0 unspecified atom stereocenters. The van der Waals surface area contributed by atoms with Crippen LogP contribution >= 0.6 is 0 Å². The van der Waals surface area contributed by atoms with Gasteiger partial charge in [-0.1, -0.05) is 18.2 Å².